The van der Waals surface area contributed by atoms with Crippen molar-refractivity contribution in [2.24, 2.45) is 5.10 Å². The van der Waals surface area contributed by atoms with Crippen LogP contribution in [0.1, 0.15) is 35.5 Å². The van der Waals surface area contributed by atoms with E-state index in [0.29, 0.717) is 17.0 Å². The molecule has 1 aromatic heterocycles. The van der Waals surface area contributed by atoms with Crippen molar-refractivity contribution in [3.05, 3.63) is 88.7 Å². The molecule has 2 aromatic carbocycles. The number of phenolic OH excluding ortho intramolecular Hbond substituents is 1. The number of rotatable bonds is 2. The Hall–Kier alpha value is -3.05. The van der Waals surface area contributed by atoms with Gasteiger partial charge >= 0.3 is 0 Å². The van der Waals surface area contributed by atoms with Gasteiger partial charge in [0.25, 0.3) is 0 Å². The normalized spacial score (nSPS) is 20.5. The van der Waals surface area contributed by atoms with Crippen molar-refractivity contribution >= 4 is 17.3 Å². The van der Waals surface area contributed by atoms with Gasteiger partial charge in [0.05, 0.1) is 11.8 Å². The van der Waals surface area contributed by atoms with E-state index in [0.717, 1.165) is 22.7 Å². The van der Waals surface area contributed by atoms with Crippen LogP contribution in [0.25, 0.3) is 0 Å². The molecule has 0 saturated heterocycles. The molecule has 5 nitrogen and oxygen atoms in total. The largest absolute Gasteiger partial charge is 0.507 e. The molecule has 5 rings (SSSR count). The third kappa shape index (κ3) is 2.71. The lowest BCUT2D eigenvalue weighted by Crippen LogP contribution is -2.34. The first kappa shape index (κ1) is 16.1. The fraction of sp³-hybridized carbons (Fsp3) is 0.143. The number of hydrogen-bond donors (Lipinski definition) is 1. The molecule has 0 bridgehead atoms. The summed E-state index contributed by atoms with van der Waals surface area (Å²) < 4.78 is 6.24. The van der Waals surface area contributed by atoms with Crippen molar-refractivity contribution in [3.8, 4) is 11.5 Å². The van der Waals surface area contributed by atoms with Crippen LogP contribution in [0.15, 0.2) is 72.0 Å². The number of benzene rings is 2. The average molecular weight is 378 g/mol. The summed E-state index contributed by atoms with van der Waals surface area (Å²) in [5, 5.41) is 17.6. The van der Waals surface area contributed by atoms with Crippen LogP contribution < -0.4 is 4.74 Å². The second kappa shape index (κ2) is 6.28. The van der Waals surface area contributed by atoms with Gasteiger partial charge in [0.2, 0.25) is 6.23 Å². The molecule has 3 heterocycles. The van der Waals surface area contributed by atoms with Crippen LogP contribution in [0.3, 0.4) is 0 Å². The van der Waals surface area contributed by atoms with Crippen molar-refractivity contribution < 1.29 is 9.84 Å². The summed E-state index contributed by atoms with van der Waals surface area (Å²) in [6.07, 6.45) is 1.97. The molecule has 2 atom stereocenters. The van der Waals surface area contributed by atoms with Crippen LogP contribution in [0.2, 0.25) is 5.02 Å². The lowest BCUT2D eigenvalue weighted by atomic mass is 9.96. The number of fused-ring (bicyclic) bond motifs is 3. The summed E-state index contributed by atoms with van der Waals surface area (Å²) in [6, 6.07) is 18.7. The van der Waals surface area contributed by atoms with Crippen LogP contribution in [-0.2, 0) is 0 Å². The molecule has 0 saturated carbocycles. The van der Waals surface area contributed by atoms with E-state index in [1.807, 2.05) is 41.4 Å². The van der Waals surface area contributed by atoms with Gasteiger partial charge in [-0.1, -0.05) is 35.9 Å². The fourth-order valence-corrected chi connectivity index (χ4v) is 3.83. The Morgan fingerprint density at radius 2 is 1.93 bits per heavy atom. The molecule has 2 aliphatic heterocycles. The quantitative estimate of drug-likeness (QED) is 0.704. The van der Waals surface area contributed by atoms with Gasteiger partial charge in [-0.25, -0.2) is 5.01 Å². The van der Waals surface area contributed by atoms with E-state index in [2.05, 4.69) is 11.1 Å². The number of hydrogen-bond acceptors (Lipinski definition) is 5. The second-order valence-electron chi connectivity index (χ2n) is 6.57. The number of aromatic nitrogens is 1. The fourth-order valence-electron chi connectivity index (χ4n) is 3.65. The molecule has 0 amide bonds. The molecule has 27 heavy (non-hydrogen) atoms. The monoisotopic (exact) mass is 377 g/mol. The highest BCUT2D eigenvalue weighted by atomic mass is 35.5. The number of hydrazone groups is 1. The predicted molar refractivity (Wildman–Crippen MR) is 103 cm³/mol. The first-order valence-corrected chi connectivity index (χ1v) is 9.10. The van der Waals surface area contributed by atoms with Crippen LogP contribution in [0.4, 0.5) is 0 Å². The summed E-state index contributed by atoms with van der Waals surface area (Å²) in [5.41, 5.74) is 3.29. The van der Waals surface area contributed by atoms with Crippen molar-refractivity contribution in [1.82, 2.24) is 9.99 Å². The summed E-state index contributed by atoms with van der Waals surface area (Å²) >= 11 is 6.14. The zero-order valence-electron chi connectivity index (χ0n) is 14.3. The van der Waals surface area contributed by atoms with Crippen LogP contribution in [0, 0.1) is 0 Å². The maximum absolute atomic E-state index is 10.3. The highest BCUT2D eigenvalue weighted by molar-refractivity contribution is 6.31. The van der Waals surface area contributed by atoms with Crippen molar-refractivity contribution in [1.29, 1.82) is 0 Å². The van der Waals surface area contributed by atoms with Gasteiger partial charge in [-0.15, -0.1) is 0 Å². The Labute approximate surface area is 161 Å². The standard InChI is InChI=1S/C21H16ClN3O2/c22-13-8-9-19(26)15(11-13)17-12-18-14-5-1-2-7-20(14)27-21(25(18)24-17)16-6-3-4-10-23-16/h1-11,18,21,26H,12H2/t18-,21-/m1/s1. The Morgan fingerprint density at radius 3 is 2.78 bits per heavy atom. The van der Waals surface area contributed by atoms with Gasteiger partial charge in [0.1, 0.15) is 17.2 Å². The van der Waals surface area contributed by atoms with E-state index in [9.17, 15) is 5.11 Å². The zero-order chi connectivity index (χ0) is 18.4. The molecule has 3 aromatic rings. The number of nitrogens with zero attached hydrogens (tertiary/aromatic N) is 3. The zero-order valence-corrected chi connectivity index (χ0v) is 15.0. The minimum atomic E-state index is -0.426. The summed E-state index contributed by atoms with van der Waals surface area (Å²) in [6.45, 7) is 0. The highest BCUT2D eigenvalue weighted by Crippen LogP contribution is 2.47. The molecule has 1 N–H and O–H groups in total. The molecule has 0 spiro atoms. The Morgan fingerprint density at radius 1 is 1.07 bits per heavy atom. The molecule has 0 aliphatic carbocycles. The van der Waals surface area contributed by atoms with Gasteiger partial charge < -0.3 is 9.84 Å². The summed E-state index contributed by atoms with van der Waals surface area (Å²) in [7, 11) is 0. The van der Waals surface area contributed by atoms with Crippen molar-refractivity contribution in [2.45, 2.75) is 18.7 Å². The third-order valence-electron chi connectivity index (χ3n) is 4.91. The maximum atomic E-state index is 10.3. The number of aromatic hydroxyl groups is 1. The molecule has 0 unspecified atom stereocenters. The molecule has 6 heteroatoms. The van der Waals surface area contributed by atoms with Crippen LogP contribution in [0.5, 0.6) is 11.5 Å². The first-order valence-electron chi connectivity index (χ1n) is 8.72. The van der Waals surface area contributed by atoms with Gasteiger partial charge in [-0.05, 0) is 36.4 Å². The Bertz CT molecular complexity index is 1040. The predicted octanol–water partition coefficient (Wildman–Crippen LogP) is 4.68. The highest BCUT2D eigenvalue weighted by Gasteiger charge is 2.41. The van der Waals surface area contributed by atoms with Crippen molar-refractivity contribution in [3.63, 3.8) is 0 Å². The molecule has 2 aliphatic rings. The van der Waals surface area contributed by atoms with Gasteiger partial charge in [0.15, 0.2) is 0 Å². The van der Waals surface area contributed by atoms with Crippen LogP contribution >= 0.6 is 11.6 Å². The van der Waals surface area contributed by atoms with Crippen LogP contribution in [-0.4, -0.2) is 20.8 Å². The summed E-state index contributed by atoms with van der Waals surface area (Å²) in [4.78, 5) is 4.46. The molecular formula is C21H16ClN3O2. The smallest absolute Gasteiger partial charge is 0.230 e. The van der Waals surface area contributed by atoms with E-state index in [-0.39, 0.29) is 11.8 Å². The van der Waals surface area contributed by atoms with Gasteiger partial charge in [0, 0.05) is 28.8 Å². The second-order valence-corrected chi connectivity index (χ2v) is 7.01. The lowest BCUT2D eigenvalue weighted by Gasteiger charge is -2.37. The Balaban J connectivity index is 1.62. The molecule has 0 fully saturated rings. The number of phenols is 1. The summed E-state index contributed by atoms with van der Waals surface area (Å²) in [5.74, 6) is 1.00. The van der Waals surface area contributed by atoms with E-state index in [4.69, 9.17) is 21.4 Å². The first-order chi connectivity index (χ1) is 13.2. The third-order valence-corrected chi connectivity index (χ3v) is 5.14. The molecular weight excluding hydrogens is 362 g/mol. The topological polar surface area (TPSA) is 58.0 Å². The van der Waals surface area contributed by atoms with E-state index < -0.39 is 6.23 Å². The van der Waals surface area contributed by atoms with Crippen molar-refractivity contribution in [2.75, 3.05) is 0 Å². The minimum absolute atomic E-state index is 0.00957. The number of halogens is 1. The average Bonchev–Trinajstić information content (AvgIpc) is 3.15. The molecule has 134 valence electrons. The number of pyridine rings is 1. The molecule has 0 radical (unpaired) electrons. The van der Waals surface area contributed by atoms with Gasteiger partial charge in [-0.3, -0.25) is 4.98 Å². The minimum Gasteiger partial charge on any atom is -0.507 e. The number of para-hydroxylation sites is 1. The van der Waals surface area contributed by atoms with E-state index in [1.165, 1.54) is 0 Å². The number of ether oxygens (including phenoxy) is 1. The Kier molecular flexibility index (Phi) is 3.76. The maximum Gasteiger partial charge on any atom is 0.230 e. The van der Waals surface area contributed by atoms with Gasteiger partial charge in [-0.2, -0.15) is 5.10 Å². The SMILES string of the molecule is Oc1ccc(Cl)cc1C1=NN2[C@H](C1)c1ccccc1O[C@@H]2c1ccccn1. The van der Waals surface area contributed by atoms with E-state index in [1.54, 1.807) is 24.4 Å². The van der Waals surface area contributed by atoms with E-state index >= 15 is 0 Å². The lowest BCUT2D eigenvalue weighted by molar-refractivity contribution is -0.0218.